The SMILES string of the molecule is COc1cc(C)c(S(=O)(=O)N2CCSC2c2ccc(Cl)cc2Cl)cc1C. The first-order chi connectivity index (χ1) is 12.3. The fourth-order valence-electron chi connectivity index (χ4n) is 3.03. The lowest BCUT2D eigenvalue weighted by atomic mass is 10.1. The molecule has 0 saturated carbocycles. The molecule has 1 aliphatic rings. The van der Waals surface area contributed by atoms with Gasteiger partial charge in [-0.15, -0.1) is 11.8 Å². The minimum atomic E-state index is -3.68. The molecule has 0 bridgehead atoms. The molecule has 3 rings (SSSR count). The molecule has 1 aliphatic heterocycles. The highest BCUT2D eigenvalue weighted by Crippen LogP contribution is 2.44. The van der Waals surface area contributed by atoms with Crippen LogP contribution < -0.4 is 4.74 Å². The summed E-state index contributed by atoms with van der Waals surface area (Å²) >= 11 is 13.9. The second-order valence-corrected chi connectivity index (χ2v) is 9.98. The number of nitrogens with zero attached hydrogens (tertiary/aromatic N) is 1. The van der Waals surface area contributed by atoms with Crippen LogP contribution >= 0.6 is 35.0 Å². The van der Waals surface area contributed by atoms with Gasteiger partial charge >= 0.3 is 0 Å². The summed E-state index contributed by atoms with van der Waals surface area (Å²) in [4.78, 5) is 0.299. The van der Waals surface area contributed by atoms with Crippen molar-refractivity contribution in [2.24, 2.45) is 0 Å². The van der Waals surface area contributed by atoms with E-state index in [1.807, 2.05) is 6.92 Å². The van der Waals surface area contributed by atoms with E-state index in [1.165, 1.54) is 4.31 Å². The number of benzene rings is 2. The highest BCUT2D eigenvalue weighted by Gasteiger charge is 2.38. The van der Waals surface area contributed by atoms with Crippen molar-refractivity contribution in [1.82, 2.24) is 4.31 Å². The van der Waals surface area contributed by atoms with E-state index in [-0.39, 0.29) is 5.37 Å². The number of hydrogen-bond acceptors (Lipinski definition) is 4. The summed E-state index contributed by atoms with van der Waals surface area (Å²) in [6.07, 6.45) is 0. The van der Waals surface area contributed by atoms with Crippen LogP contribution in [0.5, 0.6) is 5.75 Å². The maximum Gasteiger partial charge on any atom is 0.244 e. The van der Waals surface area contributed by atoms with Gasteiger partial charge in [0.2, 0.25) is 10.0 Å². The molecule has 1 heterocycles. The molecule has 26 heavy (non-hydrogen) atoms. The highest BCUT2D eigenvalue weighted by atomic mass is 35.5. The van der Waals surface area contributed by atoms with Crippen molar-refractivity contribution in [3.63, 3.8) is 0 Å². The summed E-state index contributed by atoms with van der Waals surface area (Å²) in [5, 5.41) is 0.629. The third-order valence-electron chi connectivity index (χ3n) is 4.36. The maximum absolute atomic E-state index is 13.4. The number of halogens is 2. The van der Waals surface area contributed by atoms with Crippen LogP contribution in [0.3, 0.4) is 0 Å². The minimum Gasteiger partial charge on any atom is -0.496 e. The Balaban J connectivity index is 2.05. The van der Waals surface area contributed by atoms with E-state index in [1.54, 1.807) is 56.1 Å². The second kappa shape index (κ2) is 7.60. The lowest BCUT2D eigenvalue weighted by Gasteiger charge is -2.25. The monoisotopic (exact) mass is 431 g/mol. The van der Waals surface area contributed by atoms with Crippen LogP contribution in [-0.2, 0) is 10.0 Å². The normalized spacial score (nSPS) is 18.3. The fourth-order valence-corrected chi connectivity index (χ4v) is 7.17. The molecule has 1 fully saturated rings. The van der Waals surface area contributed by atoms with E-state index < -0.39 is 10.0 Å². The molecule has 1 saturated heterocycles. The number of aryl methyl sites for hydroxylation is 2. The van der Waals surface area contributed by atoms with Gasteiger partial charge in [0.25, 0.3) is 0 Å². The Morgan fingerprint density at radius 3 is 2.54 bits per heavy atom. The van der Waals surface area contributed by atoms with E-state index in [4.69, 9.17) is 27.9 Å². The number of ether oxygens (including phenoxy) is 1. The lowest BCUT2D eigenvalue weighted by Crippen LogP contribution is -2.31. The van der Waals surface area contributed by atoms with Crippen LogP contribution in [-0.4, -0.2) is 32.1 Å². The first-order valence-electron chi connectivity index (χ1n) is 7.99. The molecule has 140 valence electrons. The smallest absolute Gasteiger partial charge is 0.244 e. The molecule has 0 spiro atoms. The largest absolute Gasteiger partial charge is 0.496 e. The predicted octanol–water partition coefficient (Wildman–Crippen LogP) is 5.06. The predicted molar refractivity (Wildman–Crippen MR) is 108 cm³/mol. The number of rotatable bonds is 4. The Morgan fingerprint density at radius 2 is 1.88 bits per heavy atom. The van der Waals surface area contributed by atoms with Gasteiger partial charge in [0, 0.05) is 22.3 Å². The molecule has 2 aromatic rings. The van der Waals surface area contributed by atoms with Gasteiger partial charge < -0.3 is 4.74 Å². The molecular weight excluding hydrogens is 413 g/mol. The number of methoxy groups -OCH3 is 1. The van der Waals surface area contributed by atoms with Gasteiger partial charge in [-0.25, -0.2) is 8.42 Å². The molecule has 1 atom stereocenters. The Bertz CT molecular complexity index is 948. The summed E-state index contributed by atoms with van der Waals surface area (Å²) in [7, 11) is -2.10. The third kappa shape index (κ3) is 3.58. The summed E-state index contributed by atoms with van der Waals surface area (Å²) in [6, 6.07) is 8.60. The molecule has 8 heteroatoms. The molecule has 0 radical (unpaired) electrons. The van der Waals surface area contributed by atoms with Gasteiger partial charge in [0.15, 0.2) is 0 Å². The van der Waals surface area contributed by atoms with Crippen LogP contribution in [0.1, 0.15) is 22.1 Å². The maximum atomic E-state index is 13.4. The molecule has 0 aromatic heterocycles. The van der Waals surface area contributed by atoms with Crippen molar-refractivity contribution < 1.29 is 13.2 Å². The molecular formula is C18H19Cl2NO3S2. The van der Waals surface area contributed by atoms with Gasteiger partial charge in [0.1, 0.15) is 5.75 Å². The number of thioether (sulfide) groups is 1. The van der Waals surface area contributed by atoms with Crippen LogP contribution in [0.15, 0.2) is 35.2 Å². The van der Waals surface area contributed by atoms with Crippen molar-refractivity contribution in [2.45, 2.75) is 24.1 Å². The van der Waals surface area contributed by atoms with Crippen LogP contribution in [0.4, 0.5) is 0 Å². The average Bonchev–Trinajstić information content (AvgIpc) is 3.06. The van der Waals surface area contributed by atoms with E-state index in [9.17, 15) is 8.42 Å². The average molecular weight is 432 g/mol. The molecule has 4 nitrogen and oxygen atoms in total. The van der Waals surface area contributed by atoms with Crippen LogP contribution in [0, 0.1) is 13.8 Å². The zero-order valence-corrected chi connectivity index (χ0v) is 17.8. The third-order valence-corrected chi connectivity index (χ3v) is 8.30. The Morgan fingerprint density at radius 1 is 1.15 bits per heavy atom. The molecule has 0 amide bonds. The van der Waals surface area contributed by atoms with Crippen molar-refractivity contribution >= 4 is 45.0 Å². The topological polar surface area (TPSA) is 46.6 Å². The van der Waals surface area contributed by atoms with E-state index >= 15 is 0 Å². The Hall–Kier alpha value is -0.920. The quantitative estimate of drug-likeness (QED) is 0.678. The van der Waals surface area contributed by atoms with Crippen LogP contribution in [0.25, 0.3) is 0 Å². The first kappa shape index (κ1) is 19.8. The standard InChI is InChI=1S/C18H19Cl2NO3S2/c1-11-9-17(12(2)8-16(11)24-3)26(22,23)21-6-7-25-18(21)14-5-4-13(19)10-15(14)20/h4-5,8-10,18H,6-7H2,1-3H3. The Kier molecular flexibility index (Phi) is 5.80. The van der Waals surface area contributed by atoms with E-state index in [0.29, 0.717) is 38.6 Å². The Labute approximate surface area is 168 Å². The van der Waals surface area contributed by atoms with Gasteiger partial charge in [-0.3, -0.25) is 0 Å². The highest BCUT2D eigenvalue weighted by molar-refractivity contribution is 8.01. The van der Waals surface area contributed by atoms with Gasteiger partial charge in [-0.2, -0.15) is 4.31 Å². The fraction of sp³-hybridized carbons (Fsp3) is 0.333. The zero-order valence-electron chi connectivity index (χ0n) is 14.6. The first-order valence-corrected chi connectivity index (χ1v) is 11.2. The van der Waals surface area contributed by atoms with Crippen molar-refractivity contribution in [2.75, 3.05) is 19.4 Å². The van der Waals surface area contributed by atoms with E-state index in [0.717, 1.165) is 11.1 Å². The molecule has 2 aromatic carbocycles. The molecule has 1 unspecified atom stereocenters. The zero-order chi connectivity index (χ0) is 19.1. The second-order valence-electron chi connectivity index (χ2n) is 6.09. The molecule has 0 N–H and O–H groups in total. The van der Waals surface area contributed by atoms with Gasteiger partial charge in [-0.1, -0.05) is 29.3 Å². The van der Waals surface area contributed by atoms with E-state index in [2.05, 4.69) is 0 Å². The van der Waals surface area contributed by atoms with Crippen molar-refractivity contribution in [3.8, 4) is 5.75 Å². The minimum absolute atomic E-state index is 0.299. The van der Waals surface area contributed by atoms with Gasteiger partial charge in [0.05, 0.1) is 17.4 Å². The summed E-state index contributed by atoms with van der Waals surface area (Å²) < 4.78 is 33.6. The summed E-state index contributed by atoms with van der Waals surface area (Å²) in [6.45, 7) is 4.05. The lowest BCUT2D eigenvalue weighted by molar-refractivity contribution is 0.410. The number of hydrogen-bond donors (Lipinski definition) is 0. The molecule has 0 aliphatic carbocycles. The summed E-state index contributed by atoms with van der Waals surface area (Å²) in [5.41, 5.74) is 2.19. The number of sulfonamides is 1. The van der Waals surface area contributed by atoms with Gasteiger partial charge in [-0.05, 0) is 54.8 Å². The summed E-state index contributed by atoms with van der Waals surface area (Å²) in [5.74, 6) is 1.38. The van der Waals surface area contributed by atoms with Crippen LogP contribution in [0.2, 0.25) is 10.0 Å². The van der Waals surface area contributed by atoms with Crippen molar-refractivity contribution in [1.29, 1.82) is 0 Å². The van der Waals surface area contributed by atoms with Crippen molar-refractivity contribution in [3.05, 3.63) is 57.1 Å².